The van der Waals surface area contributed by atoms with E-state index < -0.39 is 5.97 Å². The summed E-state index contributed by atoms with van der Waals surface area (Å²) in [7, 11) is 0. The fraction of sp³-hybridized carbons (Fsp3) is 0.467. The van der Waals surface area contributed by atoms with Crippen LogP contribution >= 0.6 is 27.7 Å². The third-order valence-corrected chi connectivity index (χ3v) is 5.21. The minimum Gasteiger partial charge on any atom is -0.481 e. The van der Waals surface area contributed by atoms with Crippen LogP contribution in [0.15, 0.2) is 33.6 Å². The van der Waals surface area contributed by atoms with Crippen LogP contribution in [0.1, 0.15) is 13.3 Å². The molecule has 0 bridgehead atoms. The quantitative estimate of drug-likeness (QED) is 0.826. The van der Waals surface area contributed by atoms with Gasteiger partial charge in [-0.15, -0.1) is 11.8 Å². The Morgan fingerprint density at radius 3 is 2.86 bits per heavy atom. The zero-order valence-corrected chi connectivity index (χ0v) is 14.2. The maximum Gasteiger partial charge on any atom is 0.306 e. The van der Waals surface area contributed by atoms with E-state index in [1.54, 1.807) is 4.90 Å². The molecule has 1 aromatic rings. The van der Waals surface area contributed by atoms with Crippen molar-refractivity contribution in [1.29, 1.82) is 0 Å². The summed E-state index contributed by atoms with van der Waals surface area (Å²) in [5.74, 6) is -0.599. The van der Waals surface area contributed by atoms with Crippen LogP contribution in [0, 0.1) is 11.8 Å². The molecule has 0 aliphatic carbocycles. The van der Waals surface area contributed by atoms with Crippen LogP contribution < -0.4 is 0 Å². The first-order valence-corrected chi connectivity index (χ1v) is 8.64. The Labute approximate surface area is 137 Å². The van der Waals surface area contributed by atoms with Gasteiger partial charge in [0, 0.05) is 22.5 Å². The number of hydrogen-bond donors (Lipinski definition) is 1. The number of nitrogens with zero attached hydrogens (tertiary/aromatic N) is 1. The fourth-order valence-corrected chi connectivity index (χ4v) is 3.94. The van der Waals surface area contributed by atoms with Crippen LogP contribution in [0.4, 0.5) is 0 Å². The van der Waals surface area contributed by atoms with Crippen molar-refractivity contribution in [3.8, 4) is 0 Å². The molecule has 2 unspecified atom stereocenters. The van der Waals surface area contributed by atoms with E-state index >= 15 is 0 Å². The van der Waals surface area contributed by atoms with Crippen LogP contribution in [0.25, 0.3) is 0 Å². The average molecular weight is 372 g/mol. The van der Waals surface area contributed by atoms with Crippen LogP contribution in [0.2, 0.25) is 0 Å². The lowest BCUT2D eigenvalue weighted by molar-refractivity contribution is -0.147. The molecule has 0 saturated carbocycles. The molecule has 6 heteroatoms. The van der Waals surface area contributed by atoms with E-state index in [9.17, 15) is 9.59 Å². The summed E-state index contributed by atoms with van der Waals surface area (Å²) in [6.45, 7) is 2.98. The highest BCUT2D eigenvalue weighted by molar-refractivity contribution is 9.10. The molecule has 0 aromatic heterocycles. The molecule has 1 aliphatic heterocycles. The molecule has 1 heterocycles. The van der Waals surface area contributed by atoms with E-state index in [0.717, 1.165) is 9.37 Å². The van der Waals surface area contributed by atoms with Crippen LogP contribution in [0.3, 0.4) is 0 Å². The van der Waals surface area contributed by atoms with Gasteiger partial charge in [-0.25, -0.2) is 0 Å². The summed E-state index contributed by atoms with van der Waals surface area (Å²) in [5.41, 5.74) is 0. The van der Waals surface area contributed by atoms with Crippen LogP contribution in [-0.4, -0.2) is 40.7 Å². The van der Waals surface area contributed by atoms with Gasteiger partial charge in [0.2, 0.25) is 5.91 Å². The van der Waals surface area contributed by atoms with Gasteiger partial charge in [-0.3, -0.25) is 9.59 Å². The van der Waals surface area contributed by atoms with E-state index in [2.05, 4.69) is 15.9 Å². The first-order chi connectivity index (χ1) is 9.97. The summed E-state index contributed by atoms with van der Waals surface area (Å²) in [5, 5.41) is 9.10. The van der Waals surface area contributed by atoms with E-state index in [4.69, 9.17) is 5.11 Å². The highest BCUT2D eigenvalue weighted by atomic mass is 79.9. The Morgan fingerprint density at radius 1 is 1.48 bits per heavy atom. The van der Waals surface area contributed by atoms with Crippen molar-refractivity contribution in [3.05, 3.63) is 28.7 Å². The highest BCUT2D eigenvalue weighted by Gasteiger charge is 2.32. The Morgan fingerprint density at radius 2 is 2.24 bits per heavy atom. The molecule has 1 amide bonds. The molecule has 2 rings (SSSR count). The number of hydrogen-bond acceptors (Lipinski definition) is 3. The van der Waals surface area contributed by atoms with Crippen molar-refractivity contribution in [3.63, 3.8) is 0 Å². The number of rotatable bonds is 4. The second kappa shape index (κ2) is 7.31. The normalized spacial score (nSPS) is 22.1. The Hall–Kier alpha value is -1.01. The molecule has 21 heavy (non-hydrogen) atoms. The number of carboxylic acid groups (broad SMARTS) is 1. The molecule has 1 aliphatic rings. The number of carbonyl (C=O) groups excluding carboxylic acids is 1. The molecule has 1 aromatic carbocycles. The molecule has 1 saturated heterocycles. The van der Waals surface area contributed by atoms with Gasteiger partial charge in [0.05, 0.1) is 11.7 Å². The van der Waals surface area contributed by atoms with Crippen LogP contribution in [0.5, 0.6) is 0 Å². The number of carboxylic acids is 1. The molecule has 4 nitrogen and oxygen atoms in total. The molecule has 0 spiro atoms. The van der Waals surface area contributed by atoms with Gasteiger partial charge in [0.1, 0.15) is 0 Å². The Balaban J connectivity index is 1.86. The summed E-state index contributed by atoms with van der Waals surface area (Å²) in [6.07, 6.45) is 0.545. The zero-order valence-electron chi connectivity index (χ0n) is 11.8. The predicted octanol–water partition coefficient (Wildman–Crippen LogP) is 3.11. The molecular formula is C15H18BrNO3S. The predicted molar refractivity (Wildman–Crippen MR) is 86.4 cm³/mol. The summed E-state index contributed by atoms with van der Waals surface area (Å²) in [4.78, 5) is 26.1. The topological polar surface area (TPSA) is 57.6 Å². The summed E-state index contributed by atoms with van der Waals surface area (Å²) >= 11 is 4.92. The average Bonchev–Trinajstić information content (AvgIpc) is 2.44. The lowest BCUT2D eigenvalue weighted by Crippen LogP contribution is -2.45. The minimum absolute atomic E-state index is 0.0102. The molecule has 0 radical (unpaired) electrons. The SMILES string of the molecule is CC1CN(C(=O)CSc2cccc(Br)c2)CCC1C(=O)O. The van der Waals surface area contributed by atoms with Gasteiger partial charge in [-0.1, -0.05) is 28.9 Å². The third-order valence-electron chi connectivity index (χ3n) is 3.73. The van der Waals surface area contributed by atoms with Crippen molar-refractivity contribution >= 4 is 39.6 Å². The smallest absolute Gasteiger partial charge is 0.306 e. The molecule has 2 atom stereocenters. The number of benzene rings is 1. The summed E-state index contributed by atoms with van der Waals surface area (Å²) < 4.78 is 0.996. The van der Waals surface area contributed by atoms with Crippen molar-refractivity contribution < 1.29 is 14.7 Å². The number of amides is 1. The van der Waals surface area contributed by atoms with Crippen molar-refractivity contribution in [2.45, 2.75) is 18.2 Å². The monoisotopic (exact) mass is 371 g/mol. The highest BCUT2D eigenvalue weighted by Crippen LogP contribution is 2.26. The number of piperidine rings is 1. The van der Waals surface area contributed by atoms with Gasteiger partial charge >= 0.3 is 5.97 Å². The van der Waals surface area contributed by atoms with Gasteiger partial charge in [-0.05, 0) is 30.5 Å². The molecule has 1 N–H and O–H groups in total. The van der Waals surface area contributed by atoms with E-state index in [0.29, 0.717) is 25.3 Å². The molecular weight excluding hydrogens is 354 g/mol. The third kappa shape index (κ3) is 4.48. The Kier molecular flexibility index (Phi) is 5.70. The molecule has 1 fully saturated rings. The maximum absolute atomic E-state index is 12.2. The Bertz CT molecular complexity index is 537. The second-order valence-electron chi connectivity index (χ2n) is 5.30. The number of halogens is 1. The standard InChI is InChI=1S/C15H18BrNO3S/c1-10-8-17(6-5-13(10)15(19)20)14(18)9-21-12-4-2-3-11(16)7-12/h2-4,7,10,13H,5-6,8-9H2,1H3,(H,19,20). The van der Waals surface area contributed by atoms with E-state index in [-0.39, 0.29) is 17.7 Å². The number of likely N-dealkylation sites (tertiary alicyclic amines) is 1. The fourth-order valence-electron chi connectivity index (χ4n) is 2.53. The lowest BCUT2D eigenvalue weighted by atomic mass is 9.87. The van der Waals surface area contributed by atoms with Gasteiger partial charge < -0.3 is 10.0 Å². The van der Waals surface area contributed by atoms with Crippen molar-refractivity contribution in [2.75, 3.05) is 18.8 Å². The lowest BCUT2D eigenvalue weighted by Gasteiger charge is -2.34. The second-order valence-corrected chi connectivity index (χ2v) is 7.26. The largest absolute Gasteiger partial charge is 0.481 e. The van der Waals surface area contributed by atoms with Gasteiger partial charge in [0.25, 0.3) is 0 Å². The first kappa shape index (κ1) is 16.4. The first-order valence-electron chi connectivity index (χ1n) is 6.86. The van der Waals surface area contributed by atoms with E-state index in [1.165, 1.54) is 11.8 Å². The van der Waals surface area contributed by atoms with Gasteiger partial charge in [0.15, 0.2) is 0 Å². The van der Waals surface area contributed by atoms with Gasteiger partial charge in [-0.2, -0.15) is 0 Å². The van der Waals surface area contributed by atoms with Crippen LogP contribution in [-0.2, 0) is 9.59 Å². The number of carbonyl (C=O) groups is 2. The minimum atomic E-state index is -0.752. The maximum atomic E-state index is 12.2. The van der Waals surface area contributed by atoms with Crippen molar-refractivity contribution in [2.24, 2.45) is 11.8 Å². The number of thioether (sulfide) groups is 1. The van der Waals surface area contributed by atoms with Crippen molar-refractivity contribution in [1.82, 2.24) is 4.90 Å². The summed E-state index contributed by atoms with van der Waals surface area (Å²) in [6, 6.07) is 7.85. The number of aliphatic carboxylic acids is 1. The molecule has 114 valence electrons. The zero-order chi connectivity index (χ0) is 15.4. The van der Waals surface area contributed by atoms with E-state index in [1.807, 2.05) is 31.2 Å².